The zero-order chi connectivity index (χ0) is 17.1. The van der Waals surface area contributed by atoms with Gasteiger partial charge in [0.25, 0.3) is 0 Å². The molecule has 1 aliphatic rings. The molecule has 0 saturated carbocycles. The van der Waals surface area contributed by atoms with Crippen LogP contribution < -0.4 is 10.2 Å². The molecule has 0 aromatic heterocycles. The average Bonchev–Trinajstić information content (AvgIpc) is 2.96. The summed E-state index contributed by atoms with van der Waals surface area (Å²) in [6.07, 6.45) is 1.59. The third-order valence-corrected chi connectivity index (χ3v) is 4.17. The molecule has 4 nitrogen and oxygen atoms in total. The van der Waals surface area contributed by atoms with E-state index in [-0.39, 0.29) is 24.1 Å². The van der Waals surface area contributed by atoms with Crippen LogP contribution in [0, 0.1) is 5.82 Å². The fourth-order valence-electron chi connectivity index (χ4n) is 2.96. The molecular formula is C19H19FN2O2. The van der Waals surface area contributed by atoms with Crippen LogP contribution in [0.1, 0.15) is 24.5 Å². The number of hydrogen-bond acceptors (Lipinski definition) is 2. The van der Waals surface area contributed by atoms with Crippen LogP contribution in [0.3, 0.4) is 0 Å². The highest BCUT2D eigenvalue weighted by Crippen LogP contribution is 2.30. The Bertz CT molecular complexity index is 789. The molecule has 2 amide bonds. The van der Waals surface area contributed by atoms with Crippen LogP contribution in [-0.2, 0) is 22.4 Å². The van der Waals surface area contributed by atoms with Gasteiger partial charge in [-0.1, -0.05) is 18.2 Å². The SMILES string of the molecule is CC(=O)N1CCc2ccc(NC(=O)CCc3cccc(F)c3)cc21. The lowest BCUT2D eigenvalue weighted by Gasteiger charge is -2.15. The first kappa shape index (κ1) is 16.2. The molecule has 2 aromatic rings. The maximum absolute atomic E-state index is 13.1. The predicted octanol–water partition coefficient (Wildman–Crippen LogP) is 3.31. The number of carbonyl (C=O) groups is 2. The molecule has 0 saturated heterocycles. The maximum atomic E-state index is 13.1. The van der Waals surface area contributed by atoms with Crippen LogP contribution in [0.25, 0.3) is 0 Å². The average molecular weight is 326 g/mol. The molecule has 0 spiro atoms. The molecular weight excluding hydrogens is 307 g/mol. The Hall–Kier alpha value is -2.69. The lowest BCUT2D eigenvalue weighted by molar-refractivity contribution is -0.117. The first-order valence-electron chi connectivity index (χ1n) is 7.98. The van der Waals surface area contributed by atoms with Gasteiger partial charge in [0.15, 0.2) is 0 Å². The van der Waals surface area contributed by atoms with Crippen LogP contribution in [0.4, 0.5) is 15.8 Å². The summed E-state index contributed by atoms with van der Waals surface area (Å²) >= 11 is 0. The van der Waals surface area contributed by atoms with Gasteiger partial charge in [0.05, 0.1) is 0 Å². The van der Waals surface area contributed by atoms with Crippen molar-refractivity contribution < 1.29 is 14.0 Å². The van der Waals surface area contributed by atoms with Crippen molar-refractivity contribution in [3.8, 4) is 0 Å². The largest absolute Gasteiger partial charge is 0.326 e. The number of hydrogen-bond donors (Lipinski definition) is 1. The van der Waals surface area contributed by atoms with E-state index >= 15 is 0 Å². The Morgan fingerprint density at radius 1 is 1.21 bits per heavy atom. The van der Waals surface area contributed by atoms with E-state index in [9.17, 15) is 14.0 Å². The van der Waals surface area contributed by atoms with Crippen molar-refractivity contribution in [1.82, 2.24) is 0 Å². The molecule has 0 bridgehead atoms. The normalized spacial score (nSPS) is 12.8. The van der Waals surface area contributed by atoms with Crippen molar-refractivity contribution in [3.05, 3.63) is 59.4 Å². The number of benzene rings is 2. The summed E-state index contributed by atoms with van der Waals surface area (Å²) in [5, 5.41) is 2.85. The summed E-state index contributed by atoms with van der Waals surface area (Å²) < 4.78 is 13.1. The van der Waals surface area contributed by atoms with E-state index in [4.69, 9.17) is 0 Å². The van der Waals surface area contributed by atoms with Gasteiger partial charge in [0.2, 0.25) is 11.8 Å². The van der Waals surface area contributed by atoms with E-state index in [0.29, 0.717) is 18.7 Å². The summed E-state index contributed by atoms with van der Waals surface area (Å²) in [7, 11) is 0. The third-order valence-electron chi connectivity index (χ3n) is 4.17. The maximum Gasteiger partial charge on any atom is 0.224 e. The minimum absolute atomic E-state index is 0.00308. The Morgan fingerprint density at radius 2 is 2.04 bits per heavy atom. The summed E-state index contributed by atoms with van der Waals surface area (Å²) in [6.45, 7) is 2.22. The quantitative estimate of drug-likeness (QED) is 0.937. The second kappa shape index (κ2) is 6.83. The van der Waals surface area contributed by atoms with E-state index in [0.717, 1.165) is 23.2 Å². The van der Waals surface area contributed by atoms with Gasteiger partial charge in [-0.15, -0.1) is 0 Å². The van der Waals surface area contributed by atoms with Gasteiger partial charge in [-0.2, -0.15) is 0 Å². The Kier molecular flexibility index (Phi) is 4.60. The second-order valence-electron chi connectivity index (χ2n) is 5.94. The van der Waals surface area contributed by atoms with Crippen molar-refractivity contribution in [2.24, 2.45) is 0 Å². The number of carbonyl (C=O) groups excluding carboxylic acids is 2. The molecule has 24 heavy (non-hydrogen) atoms. The lowest BCUT2D eigenvalue weighted by Crippen LogP contribution is -2.25. The van der Waals surface area contributed by atoms with E-state index < -0.39 is 0 Å². The van der Waals surface area contributed by atoms with Gasteiger partial charge in [-0.25, -0.2) is 4.39 Å². The topological polar surface area (TPSA) is 49.4 Å². The number of anilines is 2. The predicted molar refractivity (Wildman–Crippen MR) is 91.5 cm³/mol. The highest BCUT2D eigenvalue weighted by molar-refractivity contribution is 5.96. The standard InChI is InChI=1S/C19H19FN2O2/c1-13(23)22-10-9-15-6-7-17(12-18(15)22)21-19(24)8-5-14-3-2-4-16(20)11-14/h2-4,6-7,11-12H,5,8-10H2,1H3,(H,21,24). The van der Waals surface area contributed by atoms with Crippen LogP contribution in [0.5, 0.6) is 0 Å². The highest BCUT2D eigenvalue weighted by Gasteiger charge is 2.22. The summed E-state index contributed by atoms with van der Waals surface area (Å²) in [5.74, 6) is -0.425. The number of aryl methyl sites for hydroxylation is 1. The van der Waals surface area contributed by atoms with Gasteiger partial charge in [0, 0.05) is 31.3 Å². The second-order valence-corrected chi connectivity index (χ2v) is 5.94. The minimum atomic E-state index is -0.296. The molecule has 1 N–H and O–H groups in total. The minimum Gasteiger partial charge on any atom is -0.326 e. The number of nitrogens with one attached hydrogen (secondary N) is 1. The monoisotopic (exact) mass is 326 g/mol. The highest BCUT2D eigenvalue weighted by atomic mass is 19.1. The molecule has 5 heteroatoms. The number of halogens is 1. The first-order chi connectivity index (χ1) is 11.5. The smallest absolute Gasteiger partial charge is 0.224 e. The number of fused-ring (bicyclic) bond motifs is 1. The van der Waals surface area contributed by atoms with Crippen molar-refractivity contribution in [3.63, 3.8) is 0 Å². The molecule has 0 unspecified atom stereocenters. The molecule has 0 fully saturated rings. The van der Waals surface area contributed by atoms with Crippen molar-refractivity contribution in [2.75, 3.05) is 16.8 Å². The Morgan fingerprint density at radius 3 is 2.79 bits per heavy atom. The van der Waals surface area contributed by atoms with Crippen LogP contribution in [0.2, 0.25) is 0 Å². The van der Waals surface area contributed by atoms with Crippen LogP contribution in [0.15, 0.2) is 42.5 Å². The molecule has 1 heterocycles. The van der Waals surface area contributed by atoms with Gasteiger partial charge in [0.1, 0.15) is 5.82 Å². The van der Waals surface area contributed by atoms with E-state index in [2.05, 4.69) is 5.32 Å². The molecule has 0 aliphatic carbocycles. The molecule has 0 radical (unpaired) electrons. The lowest BCUT2D eigenvalue weighted by atomic mass is 10.1. The van der Waals surface area contributed by atoms with Gasteiger partial charge >= 0.3 is 0 Å². The number of nitrogens with zero attached hydrogens (tertiary/aromatic N) is 1. The Balaban J connectivity index is 1.63. The molecule has 2 aromatic carbocycles. The molecule has 1 aliphatic heterocycles. The van der Waals surface area contributed by atoms with Gasteiger partial charge < -0.3 is 10.2 Å². The zero-order valence-electron chi connectivity index (χ0n) is 13.5. The van der Waals surface area contributed by atoms with Gasteiger partial charge in [-0.3, -0.25) is 9.59 Å². The van der Waals surface area contributed by atoms with Gasteiger partial charge in [-0.05, 0) is 48.2 Å². The molecule has 3 rings (SSSR count). The fourth-order valence-corrected chi connectivity index (χ4v) is 2.96. The van der Waals surface area contributed by atoms with Crippen LogP contribution >= 0.6 is 0 Å². The first-order valence-corrected chi connectivity index (χ1v) is 7.98. The Labute approximate surface area is 140 Å². The summed E-state index contributed by atoms with van der Waals surface area (Å²) in [4.78, 5) is 25.5. The van der Waals surface area contributed by atoms with Crippen molar-refractivity contribution >= 4 is 23.2 Å². The fraction of sp³-hybridized carbons (Fsp3) is 0.263. The van der Waals surface area contributed by atoms with E-state index in [1.807, 2.05) is 18.2 Å². The summed E-state index contributed by atoms with van der Waals surface area (Å²) in [5.41, 5.74) is 3.45. The van der Waals surface area contributed by atoms with E-state index in [1.165, 1.54) is 12.1 Å². The van der Waals surface area contributed by atoms with Crippen molar-refractivity contribution in [1.29, 1.82) is 0 Å². The molecule has 0 atom stereocenters. The number of rotatable bonds is 4. The number of amides is 2. The van der Waals surface area contributed by atoms with Crippen molar-refractivity contribution in [2.45, 2.75) is 26.2 Å². The molecule has 124 valence electrons. The summed E-state index contributed by atoms with van der Waals surface area (Å²) in [6, 6.07) is 11.9. The third kappa shape index (κ3) is 3.62. The van der Waals surface area contributed by atoms with Crippen LogP contribution in [-0.4, -0.2) is 18.4 Å². The zero-order valence-corrected chi connectivity index (χ0v) is 13.5. The van der Waals surface area contributed by atoms with E-state index in [1.54, 1.807) is 24.0 Å².